The van der Waals surface area contributed by atoms with Crippen LogP contribution in [0.2, 0.25) is 0 Å². The van der Waals surface area contributed by atoms with Crippen LogP contribution in [-0.2, 0) is 22.9 Å². The SMILES string of the molecule is Cn1nc(CCN2CCOCC2)c2ccc(-c3cc(Nc4ccc(Br)cc4)nc(N4CCOCC4)n3)cc21. The van der Waals surface area contributed by atoms with Crippen molar-refractivity contribution in [3.63, 3.8) is 0 Å². The minimum absolute atomic E-state index is 0.678. The van der Waals surface area contributed by atoms with E-state index in [9.17, 15) is 0 Å². The summed E-state index contributed by atoms with van der Waals surface area (Å²) in [4.78, 5) is 14.5. The third kappa shape index (κ3) is 5.68. The molecule has 0 atom stereocenters. The first-order valence-corrected chi connectivity index (χ1v) is 13.9. The number of morpholine rings is 2. The number of nitrogens with zero attached hydrogens (tertiary/aromatic N) is 6. The quantitative estimate of drug-likeness (QED) is 0.349. The van der Waals surface area contributed by atoms with Crippen molar-refractivity contribution in [3.05, 3.63) is 58.7 Å². The zero-order chi connectivity index (χ0) is 25.9. The lowest BCUT2D eigenvalue weighted by atomic mass is 10.1. The fourth-order valence-corrected chi connectivity index (χ4v) is 5.26. The number of fused-ring (bicyclic) bond motifs is 1. The Balaban J connectivity index is 1.31. The molecule has 0 bridgehead atoms. The van der Waals surface area contributed by atoms with E-state index in [0.717, 1.165) is 90.8 Å². The van der Waals surface area contributed by atoms with Crippen LogP contribution in [0.5, 0.6) is 0 Å². The van der Waals surface area contributed by atoms with Gasteiger partial charge in [0, 0.05) is 73.4 Å². The number of aromatic nitrogens is 4. The first kappa shape index (κ1) is 25.2. The van der Waals surface area contributed by atoms with Gasteiger partial charge in [-0.1, -0.05) is 28.1 Å². The third-order valence-electron chi connectivity index (χ3n) is 7.12. The Labute approximate surface area is 230 Å². The van der Waals surface area contributed by atoms with E-state index in [0.29, 0.717) is 19.2 Å². The average Bonchev–Trinajstić information content (AvgIpc) is 3.28. The lowest BCUT2D eigenvalue weighted by Crippen LogP contribution is -2.37. The zero-order valence-corrected chi connectivity index (χ0v) is 23.2. The Morgan fingerprint density at radius 2 is 1.63 bits per heavy atom. The Hall–Kier alpha value is -3.05. The molecule has 10 heteroatoms. The predicted octanol–water partition coefficient (Wildman–Crippen LogP) is 4.25. The van der Waals surface area contributed by atoms with Crippen LogP contribution >= 0.6 is 15.9 Å². The highest BCUT2D eigenvalue weighted by molar-refractivity contribution is 9.10. The van der Waals surface area contributed by atoms with Crippen molar-refractivity contribution < 1.29 is 9.47 Å². The van der Waals surface area contributed by atoms with E-state index in [2.05, 4.69) is 49.2 Å². The molecule has 4 aromatic rings. The molecule has 2 aromatic carbocycles. The van der Waals surface area contributed by atoms with Gasteiger partial charge in [0.15, 0.2) is 0 Å². The van der Waals surface area contributed by atoms with Gasteiger partial charge < -0.3 is 19.7 Å². The molecule has 6 rings (SSSR count). The maximum Gasteiger partial charge on any atom is 0.228 e. The Bertz CT molecular complexity index is 1400. The summed E-state index contributed by atoms with van der Waals surface area (Å²) in [5.41, 5.74) is 5.12. The highest BCUT2D eigenvalue weighted by atomic mass is 79.9. The Morgan fingerprint density at radius 3 is 2.39 bits per heavy atom. The van der Waals surface area contributed by atoms with Crippen LogP contribution < -0.4 is 10.2 Å². The van der Waals surface area contributed by atoms with E-state index in [1.807, 2.05) is 42.1 Å². The average molecular weight is 579 g/mol. The monoisotopic (exact) mass is 577 g/mol. The molecule has 0 amide bonds. The number of nitrogens with one attached hydrogen (secondary N) is 1. The molecule has 4 heterocycles. The molecule has 0 saturated carbocycles. The number of rotatable bonds is 7. The molecule has 2 aromatic heterocycles. The van der Waals surface area contributed by atoms with Crippen LogP contribution in [-0.4, -0.2) is 83.8 Å². The fraction of sp³-hybridized carbons (Fsp3) is 0.393. The van der Waals surface area contributed by atoms with Crippen molar-refractivity contribution >= 4 is 44.3 Å². The van der Waals surface area contributed by atoms with Gasteiger partial charge in [-0.3, -0.25) is 9.58 Å². The summed E-state index contributed by atoms with van der Waals surface area (Å²) in [5.74, 6) is 1.47. The van der Waals surface area contributed by atoms with Gasteiger partial charge in [0.25, 0.3) is 0 Å². The number of ether oxygens (including phenoxy) is 2. The molecule has 2 aliphatic rings. The van der Waals surface area contributed by atoms with Gasteiger partial charge in [-0.25, -0.2) is 4.98 Å². The lowest BCUT2D eigenvalue weighted by Gasteiger charge is -2.27. The first-order chi connectivity index (χ1) is 18.6. The number of hydrogen-bond donors (Lipinski definition) is 1. The normalized spacial score (nSPS) is 16.7. The molecule has 2 saturated heterocycles. The van der Waals surface area contributed by atoms with Crippen LogP contribution in [0.4, 0.5) is 17.5 Å². The van der Waals surface area contributed by atoms with E-state index >= 15 is 0 Å². The van der Waals surface area contributed by atoms with Crippen molar-refractivity contribution in [2.75, 3.05) is 69.4 Å². The zero-order valence-electron chi connectivity index (χ0n) is 21.6. The second-order valence-corrected chi connectivity index (χ2v) is 10.6. The summed E-state index contributed by atoms with van der Waals surface area (Å²) < 4.78 is 14.1. The van der Waals surface area contributed by atoms with Crippen LogP contribution in [0.15, 0.2) is 53.0 Å². The first-order valence-electron chi connectivity index (χ1n) is 13.1. The third-order valence-corrected chi connectivity index (χ3v) is 7.65. The number of halogens is 1. The van der Waals surface area contributed by atoms with E-state index in [1.165, 1.54) is 5.39 Å². The number of anilines is 3. The van der Waals surface area contributed by atoms with E-state index in [-0.39, 0.29) is 0 Å². The molecule has 9 nitrogen and oxygen atoms in total. The van der Waals surface area contributed by atoms with Gasteiger partial charge in [-0.05, 0) is 30.3 Å². The summed E-state index contributed by atoms with van der Waals surface area (Å²) in [5, 5.41) is 9.52. The highest BCUT2D eigenvalue weighted by Gasteiger charge is 2.18. The minimum Gasteiger partial charge on any atom is -0.379 e. The summed E-state index contributed by atoms with van der Waals surface area (Å²) >= 11 is 3.51. The van der Waals surface area contributed by atoms with Gasteiger partial charge in [0.05, 0.1) is 43.3 Å². The number of benzene rings is 2. The molecular formula is C28H32BrN7O2. The molecule has 0 unspecified atom stereocenters. The Morgan fingerprint density at radius 1 is 0.895 bits per heavy atom. The molecule has 38 heavy (non-hydrogen) atoms. The molecule has 198 valence electrons. The van der Waals surface area contributed by atoms with Crippen molar-refractivity contribution in [1.29, 1.82) is 0 Å². The lowest BCUT2D eigenvalue weighted by molar-refractivity contribution is 0.0383. The predicted molar refractivity (Wildman–Crippen MR) is 153 cm³/mol. The van der Waals surface area contributed by atoms with Crippen LogP contribution in [0, 0.1) is 0 Å². The topological polar surface area (TPSA) is 80.6 Å². The largest absolute Gasteiger partial charge is 0.379 e. The van der Waals surface area contributed by atoms with Gasteiger partial charge in [0.2, 0.25) is 5.95 Å². The second-order valence-electron chi connectivity index (χ2n) is 9.68. The summed E-state index contributed by atoms with van der Waals surface area (Å²) in [6.45, 7) is 7.51. The molecular weight excluding hydrogens is 546 g/mol. The highest BCUT2D eigenvalue weighted by Crippen LogP contribution is 2.29. The molecule has 1 N–H and O–H groups in total. The molecule has 0 aliphatic carbocycles. The number of hydrogen-bond acceptors (Lipinski definition) is 8. The van der Waals surface area contributed by atoms with Gasteiger partial charge >= 0.3 is 0 Å². The summed E-state index contributed by atoms with van der Waals surface area (Å²) in [6, 6.07) is 16.6. The molecule has 2 aliphatic heterocycles. The molecule has 0 radical (unpaired) electrons. The smallest absolute Gasteiger partial charge is 0.228 e. The number of aryl methyl sites for hydroxylation is 1. The van der Waals surface area contributed by atoms with Crippen molar-refractivity contribution in [3.8, 4) is 11.3 Å². The Kier molecular flexibility index (Phi) is 7.55. The van der Waals surface area contributed by atoms with Crippen molar-refractivity contribution in [2.24, 2.45) is 7.05 Å². The van der Waals surface area contributed by atoms with Crippen LogP contribution in [0.1, 0.15) is 5.69 Å². The van der Waals surface area contributed by atoms with Gasteiger partial charge in [0.1, 0.15) is 5.82 Å². The van der Waals surface area contributed by atoms with E-state index in [4.69, 9.17) is 24.5 Å². The molecule has 0 spiro atoms. The maximum absolute atomic E-state index is 5.56. The van der Waals surface area contributed by atoms with Crippen LogP contribution in [0.3, 0.4) is 0 Å². The summed E-state index contributed by atoms with van der Waals surface area (Å²) in [7, 11) is 2.02. The van der Waals surface area contributed by atoms with Crippen molar-refractivity contribution in [1.82, 2.24) is 24.6 Å². The van der Waals surface area contributed by atoms with Crippen molar-refractivity contribution in [2.45, 2.75) is 6.42 Å². The minimum atomic E-state index is 0.678. The van der Waals surface area contributed by atoms with E-state index in [1.54, 1.807) is 0 Å². The standard InChI is InChI=1S/C28H32BrN7O2/c1-34-26-18-20(2-7-23(26)24(33-34)8-9-35-10-14-37-15-11-35)25-19-27(30-22-5-3-21(29)4-6-22)32-28(31-25)36-12-16-38-17-13-36/h2-7,18-19H,8-17H2,1H3,(H,30,31,32). The fourth-order valence-electron chi connectivity index (χ4n) is 5.00. The molecule has 2 fully saturated rings. The summed E-state index contributed by atoms with van der Waals surface area (Å²) in [6.07, 6.45) is 0.923. The van der Waals surface area contributed by atoms with Gasteiger partial charge in [-0.2, -0.15) is 10.1 Å². The maximum atomic E-state index is 5.56. The second kappa shape index (κ2) is 11.4. The van der Waals surface area contributed by atoms with Crippen LogP contribution in [0.25, 0.3) is 22.2 Å². The van der Waals surface area contributed by atoms with Gasteiger partial charge in [-0.15, -0.1) is 0 Å². The van der Waals surface area contributed by atoms with E-state index < -0.39 is 0 Å².